The van der Waals surface area contributed by atoms with Gasteiger partial charge in [0, 0.05) is 26.2 Å². The highest BCUT2D eigenvalue weighted by Gasteiger charge is 2.15. The summed E-state index contributed by atoms with van der Waals surface area (Å²) < 4.78 is 0. The molecular weight excluding hydrogens is 472 g/mol. The Morgan fingerprint density at radius 1 is 0.359 bits per heavy atom. The van der Waals surface area contributed by atoms with Crippen molar-refractivity contribution in [3.8, 4) is 0 Å². The molecule has 0 saturated heterocycles. The third kappa shape index (κ3) is 29.0. The quantitative estimate of drug-likeness (QED) is 0.0457. The molecule has 0 aliphatic carbocycles. The van der Waals surface area contributed by atoms with Crippen LogP contribution in [-0.4, -0.2) is 36.2 Å². The maximum absolute atomic E-state index is 4.30. The maximum Gasteiger partial charge on any atom is 0.0338 e. The molecule has 39 heavy (non-hydrogen) atoms. The first-order valence-electron chi connectivity index (χ1n) is 18.3. The van der Waals surface area contributed by atoms with Crippen molar-refractivity contribution in [1.82, 2.24) is 10.0 Å². The van der Waals surface area contributed by atoms with Gasteiger partial charge in [-0.15, -0.1) is 0 Å². The van der Waals surface area contributed by atoms with Crippen molar-refractivity contribution < 1.29 is 0 Å². The van der Waals surface area contributed by atoms with Gasteiger partial charge < -0.3 is 0 Å². The van der Waals surface area contributed by atoms with E-state index in [-0.39, 0.29) is 0 Å². The minimum Gasteiger partial charge on any atom is -0.241 e. The molecule has 0 spiro atoms. The van der Waals surface area contributed by atoms with Crippen molar-refractivity contribution in [3.05, 3.63) is 12.2 Å². The van der Waals surface area contributed by atoms with E-state index in [0.29, 0.717) is 0 Å². The second-order valence-corrected chi connectivity index (χ2v) is 12.8. The summed E-state index contributed by atoms with van der Waals surface area (Å²) in [6.07, 6.45) is 38.2. The monoisotopic (exact) mass is 549 g/mol. The van der Waals surface area contributed by atoms with Gasteiger partial charge in [-0.3, -0.25) is 0 Å². The van der Waals surface area contributed by atoms with Crippen LogP contribution in [-0.2, 0) is 0 Å². The summed E-state index contributed by atoms with van der Waals surface area (Å²) in [4.78, 5) is 0. The van der Waals surface area contributed by atoms with Gasteiger partial charge in [0.25, 0.3) is 0 Å². The number of unbranched alkanes of at least 4 members (excludes halogenated alkanes) is 24. The average Bonchev–Trinajstić information content (AvgIpc) is 2.92. The maximum atomic E-state index is 4.30. The summed E-state index contributed by atoms with van der Waals surface area (Å²) in [5.74, 6) is 0. The third-order valence-electron chi connectivity index (χ3n) is 8.41. The summed E-state index contributed by atoms with van der Waals surface area (Å²) >= 11 is 0. The van der Waals surface area contributed by atoms with E-state index < -0.39 is 0 Å². The predicted molar refractivity (Wildman–Crippen MR) is 180 cm³/mol. The summed E-state index contributed by atoms with van der Waals surface area (Å²) in [5.41, 5.74) is 1.31. The van der Waals surface area contributed by atoms with Crippen molar-refractivity contribution in [3.63, 3.8) is 0 Å². The molecule has 0 aromatic carbocycles. The van der Waals surface area contributed by atoms with Gasteiger partial charge in [-0.2, -0.15) is 0 Å². The fourth-order valence-electron chi connectivity index (χ4n) is 5.84. The summed E-state index contributed by atoms with van der Waals surface area (Å²) in [5, 5.41) is 5.44. The van der Waals surface area contributed by atoms with Crippen LogP contribution in [0.3, 0.4) is 0 Å². The number of hydrogen-bond acceptors (Lipinski definition) is 2. The molecule has 0 radical (unpaired) electrons. The van der Waals surface area contributed by atoms with Gasteiger partial charge in [-0.05, 0) is 26.2 Å². The van der Waals surface area contributed by atoms with Gasteiger partial charge in [-0.25, -0.2) is 10.0 Å². The van der Waals surface area contributed by atoms with Crippen LogP contribution in [0, 0.1) is 0 Å². The lowest BCUT2D eigenvalue weighted by Crippen LogP contribution is -2.45. The van der Waals surface area contributed by atoms with E-state index in [1.807, 2.05) is 0 Å². The zero-order chi connectivity index (χ0) is 28.7. The topological polar surface area (TPSA) is 6.48 Å². The Bertz CT molecular complexity index is 450. The van der Waals surface area contributed by atoms with Gasteiger partial charge in [0.15, 0.2) is 0 Å². The van der Waals surface area contributed by atoms with Crippen LogP contribution in [0.1, 0.15) is 201 Å². The molecule has 0 N–H and O–H groups in total. The van der Waals surface area contributed by atoms with Crippen LogP contribution >= 0.6 is 0 Å². The Morgan fingerprint density at radius 2 is 0.590 bits per heavy atom. The van der Waals surface area contributed by atoms with E-state index >= 15 is 0 Å². The largest absolute Gasteiger partial charge is 0.241 e. The second-order valence-electron chi connectivity index (χ2n) is 12.8. The van der Waals surface area contributed by atoms with Gasteiger partial charge in [0.2, 0.25) is 0 Å². The van der Waals surface area contributed by atoms with Crippen LogP contribution in [0.15, 0.2) is 12.2 Å². The molecule has 0 atom stereocenters. The molecule has 0 unspecified atom stereocenters. The molecule has 2 nitrogen and oxygen atoms in total. The molecule has 0 aromatic heterocycles. The molecule has 0 rings (SSSR count). The fraction of sp³-hybridized carbons (Fsp3) is 0.946. The Labute approximate surface area is 249 Å². The highest BCUT2D eigenvalue weighted by molar-refractivity contribution is 4.91. The van der Waals surface area contributed by atoms with Crippen LogP contribution in [0.25, 0.3) is 0 Å². The smallest absolute Gasteiger partial charge is 0.0338 e. The number of hydrazine groups is 1. The van der Waals surface area contributed by atoms with Crippen LogP contribution in [0.5, 0.6) is 0 Å². The van der Waals surface area contributed by atoms with Gasteiger partial charge in [-0.1, -0.05) is 187 Å². The van der Waals surface area contributed by atoms with Crippen molar-refractivity contribution in [1.29, 1.82) is 0 Å². The highest BCUT2D eigenvalue weighted by Crippen LogP contribution is 2.16. The number of hydrogen-bond donors (Lipinski definition) is 0. The zero-order valence-electron chi connectivity index (χ0n) is 28.0. The Morgan fingerprint density at radius 3 is 0.846 bits per heavy atom. The summed E-state index contributed by atoms with van der Waals surface area (Å²) in [7, 11) is 0. The number of nitrogens with zero attached hydrogens (tertiary/aromatic N) is 2. The first-order chi connectivity index (χ1) is 19.2. The lowest BCUT2D eigenvalue weighted by molar-refractivity contribution is -0.0215. The van der Waals surface area contributed by atoms with Crippen LogP contribution in [0.2, 0.25) is 0 Å². The van der Waals surface area contributed by atoms with Gasteiger partial charge in [0.1, 0.15) is 0 Å². The van der Waals surface area contributed by atoms with E-state index in [1.54, 1.807) is 0 Å². The van der Waals surface area contributed by atoms with Gasteiger partial charge >= 0.3 is 0 Å². The molecule has 0 fully saturated rings. The molecule has 0 amide bonds. The Kier molecular flexibility index (Phi) is 31.9. The summed E-state index contributed by atoms with van der Waals surface area (Å²) in [6.45, 7) is 18.2. The lowest BCUT2D eigenvalue weighted by Gasteiger charge is -2.36. The molecule has 0 bridgehead atoms. The summed E-state index contributed by atoms with van der Waals surface area (Å²) in [6, 6.07) is 0. The lowest BCUT2D eigenvalue weighted by atomic mass is 10.1. The fourth-order valence-corrected chi connectivity index (χ4v) is 5.84. The Balaban J connectivity index is 4.45. The minimum absolute atomic E-state index is 1.05. The van der Waals surface area contributed by atoms with E-state index in [2.05, 4.69) is 44.3 Å². The van der Waals surface area contributed by atoms with Gasteiger partial charge in [0.05, 0.1) is 0 Å². The zero-order valence-corrected chi connectivity index (χ0v) is 28.0. The normalized spacial score (nSPS) is 11.7. The van der Waals surface area contributed by atoms with Crippen molar-refractivity contribution in [2.24, 2.45) is 0 Å². The second kappa shape index (κ2) is 32.2. The minimum atomic E-state index is 1.05. The molecule has 0 heterocycles. The average molecular weight is 549 g/mol. The molecule has 0 aliphatic heterocycles. The van der Waals surface area contributed by atoms with Crippen molar-refractivity contribution >= 4 is 0 Å². The third-order valence-corrected chi connectivity index (χ3v) is 8.41. The molecule has 2 heteroatoms. The number of rotatable bonds is 33. The van der Waals surface area contributed by atoms with E-state index in [1.165, 1.54) is 199 Å². The molecule has 0 aliphatic rings. The first kappa shape index (κ1) is 38.7. The van der Waals surface area contributed by atoms with E-state index in [9.17, 15) is 0 Å². The van der Waals surface area contributed by atoms with Crippen molar-refractivity contribution in [2.45, 2.75) is 201 Å². The van der Waals surface area contributed by atoms with E-state index in [4.69, 9.17) is 0 Å². The predicted octanol–water partition coefficient (Wildman–Crippen LogP) is 12.7. The van der Waals surface area contributed by atoms with Crippen LogP contribution < -0.4 is 0 Å². The Hall–Kier alpha value is -0.340. The standard InChI is InChI=1S/C37H76N2/c1-6-9-12-15-18-20-22-25-27-30-33-38(34-31-28-26-23-21-19-16-13-10-7-2)39(36-37(4)5)35-32-29-24-17-14-11-8-3/h4,6-36H2,1-3,5H3. The van der Waals surface area contributed by atoms with Crippen LogP contribution in [0.4, 0.5) is 0 Å². The SMILES string of the molecule is C=C(C)CN(CCCCCCCCC)N(CCCCCCCCCCCC)CCCCCCCCCCCC. The molecular formula is C37H76N2. The molecule has 234 valence electrons. The first-order valence-corrected chi connectivity index (χ1v) is 18.3. The van der Waals surface area contributed by atoms with E-state index in [0.717, 1.165) is 6.54 Å². The molecule has 0 aromatic rings. The highest BCUT2D eigenvalue weighted by atomic mass is 15.6. The van der Waals surface area contributed by atoms with Crippen molar-refractivity contribution in [2.75, 3.05) is 26.2 Å². The molecule has 0 saturated carbocycles.